The molecule has 0 atom stereocenters. The lowest BCUT2D eigenvalue weighted by atomic mass is 10.1. The summed E-state index contributed by atoms with van der Waals surface area (Å²) in [5, 5.41) is 14.6. The normalized spacial score (nSPS) is 15.0. The molecule has 2 aromatic rings. The lowest BCUT2D eigenvalue weighted by Crippen LogP contribution is -2.21. The number of carboxylic acid groups (broad SMARTS) is 1. The predicted molar refractivity (Wildman–Crippen MR) is 109 cm³/mol. The van der Waals surface area contributed by atoms with Crippen LogP contribution < -0.4 is 14.5 Å². The van der Waals surface area contributed by atoms with Crippen LogP contribution in [0.3, 0.4) is 0 Å². The van der Waals surface area contributed by atoms with Crippen molar-refractivity contribution in [2.75, 3.05) is 19.2 Å². The number of aromatic carboxylic acids is 1. The van der Waals surface area contributed by atoms with Crippen molar-refractivity contribution in [1.82, 2.24) is 0 Å². The fraction of sp³-hybridized carbons (Fsp3) is 0.150. The minimum atomic E-state index is -1.07. The molecule has 3 rings (SSSR count). The van der Waals surface area contributed by atoms with Gasteiger partial charge in [-0.2, -0.15) is 10.1 Å². The SMILES string of the molecule is COc1cc(/C=C2/C(=O)N(c3cccc(C(=O)O)c3)N=C2C)cc(Br)c1OC. The van der Waals surface area contributed by atoms with E-state index in [-0.39, 0.29) is 11.5 Å². The third kappa shape index (κ3) is 3.63. The van der Waals surface area contributed by atoms with Crippen molar-refractivity contribution in [2.24, 2.45) is 5.10 Å². The fourth-order valence-corrected chi connectivity index (χ4v) is 3.44. The number of anilines is 1. The van der Waals surface area contributed by atoms with Gasteiger partial charge in [0.05, 0.1) is 41.2 Å². The first-order valence-electron chi connectivity index (χ1n) is 8.22. The molecule has 1 aliphatic rings. The number of carbonyl (C=O) groups excluding carboxylic acids is 1. The third-order valence-electron chi connectivity index (χ3n) is 4.17. The van der Waals surface area contributed by atoms with Gasteiger partial charge in [-0.25, -0.2) is 4.79 Å². The molecule has 28 heavy (non-hydrogen) atoms. The summed E-state index contributed by atoms with van der Waals surface area (Å²) in [5.41, 5.74) is 2.13. The van der Waals surface area contributed by atoms with Crippen LogP contribution in [0, 0.1) is 0 Å². The van der Waals surface area contributed by atoms with E-state index in [0.29, 0.717) is 32.9 Å². The molecule has 0 unspecified atom stereocenters. The van der Waals surface area contributed by atoms with E-state index < -0.39 is 5.97 Å². The van der Waals surface area contributed by atoms with Crippen molar-refractivity contribution in [3.05, 3.63) is 57.6 Å². The Bertz CT molecular complexity index is 1030. The van der Waals surface area contributed by atoms with Gasteiger partial charge >= 0.3 is 5.97 Å². The average molecular weight is 445 g/mol. The lowest BCUT2D eigenvalue weighted by molar-refractivity contribution is -0.114. The number of methoxy groups -OCH3 is 2. The van der Waals surface area contributed by atoms with Gasteiger partial charge in [-0.15, -0.1) is 0 Å². The summed E-state index contributed by atoms with van der Waals surface area (Å²) < 4.78 is 11.3. The lowest BCUT2D eigenvalue weighted by Gasteiger charge is -2.12. The Labute approximate surface area is 170 Å². The summed E-state index contributed by atoms with van der Waals surface area (Å²) in [5.74, 6) is -0.333. The molecule has 0 bridgehead atoms. The van der Waals surface area contributed by atoms with E-state index in [2.05, 4.69) is 21.0 Å². The monoisotopic (exact) mass is 444 g/mol. The van der Waals surface area contributed by atoms with Crippen LogP contribution in [0.5, 0.6) is 11.5 Å². The van der Waals surface area contributed by atoms with Crippen LogP contribution in [0.2, 0.25) is 0 Å². The number of halogens is 1. The summed E-state index contributed by atoms with van der Waals surface area (Å²) >= 11 is 3.43. The van der Waals surface area contributed by atoms with Gasteiger partial charge in [-0.3, -0.25) is 4.79 Å². The first kappa shape index (κ1) is 19.6. The maximum absolute atomic E-state index is 12.9. The van der Waals surface area contributed by atoms with Gasteiger partial charge in [0.2, 0.25) is 0 Å². The smallest absolute Gasteiger partial charge is 0.335 e. The van der Waals surface area contributed by atoms with Crippen molar-refractivity contribution in [1.29, 1.82) is 0 Å². The quantitative estimate of drug-likeness (QED) is 0.704. The second-order valence-corrected chi connectivity index (χ2v) is 6.81. The van der Waals surface area contributed by atoms with Gasteiger partial charge in [0, 0.05) is 0 Å². The number of nitrogens with zero attached hydrogens (tertiary/aromatic N) is 2. The average Bonchev–Trinajstić information content (AvgIpc) is 2.95. The van der Waals surface area contributed by atoms with E-state index in [1.807, 2.05) is 6.07 Å². The van der Waals surface area contributed by atoms with Gasteiger partial charge in [0.25, 0.3) is 5.91 Å². The number of rotatable bonds is 5. The molecule has 144 valence electrons. The number of carbonyl (C=O) groups is 2. The molecular formula is C20H17BrN2O5. The van der Waals surface area contributed by atoms with Gasteiger partial charge in [0.1, 0.15) is 0 Å². The summed E-state index contributed by atoms with van der Waals surface area (Å²) in [4.78, 5) is 24.1. The molecule has 0 radical (unpaired) electrons. The first-order valence-corrected chi connectivity index (χ1v) is 9.01. The topological polar surface area (TPSA) is 88.4 Å². The number of hydrogen-bond donors (Lipinski definition) is 1. The molecule has 2 aromatic carbocycles. The van der Waals surface area contributed by atoms with Crippen LogP contribution in [0.15, 0.2) is 51.5 Å². The number of amides is 1. The highest BCUT2D eigenvalue weighted by atomic mass is 79.9. The number of carboxylic acids is 1. The molecule has 1 N–H and O–H groups in total. The molecule has 8 heteroatoms. The summed E-state index contributed by atoms with van der Waals surface area (Å²) in [6.45, 7) is 1.72. The van der Waals surface area contributed by atoms with Crippen LogP contribution >= 0.6 is 15.9 Å². The van der Waals surface area contributed by atoms with E-state index in [4.69, 9.17) is 14.6 Å². The zero-order chi connectivity index (χ0) is 20.4. The molecule has 0 saturated carbocycles. The minimum Gasteiger partial charge on any atom is -0.493 e. The predicted octanol–water partition coefficient (Wildman–Crippen LogP) is 3.97. The van der Waals surface area contributed by atoms with Crippen LogP contribution in [0.25, 0.3) is 6.08 Å². The zero-order valence-corrected chi connectivity index (χ0v) is 17.0. The van der Waals surface area contributed by atoms with Crippen LogP contribution in [-0.4, -0.2) is 36.9 Å². The van der Waals surface area contributed by atoms with Gasteiger partial charge in [-0.05, 0) is 64.8 Å². The molecule has 1 aliphatic heterocycles. The van der Waals surface area contributed by atoms with E-state index in [1.165, 1.54) is 24.3 Å². The van der Waals surface area contributed by atoms with Crippen LogP contribution in [0.1, 0.15) is 22.8 Å². The Kier molecular flexibility index (Phi) is 5.51. The number of ether oxygens (including phenoxy) is 2. The maximum atomic E-state index is 12.9. The van der Waals surface area contributed by atoms with Crippen LogP contribution in [-0.2, 0) is 4.79 Å². The van der Waals surface area contributed by atoms with Crippen molar-refractivity contribution in [2.45, 2.75) is 6.92 Å². The van der Waals surface area contributed by atoms with E-state index in [9.17, 15) is 9.59 Å². The Morgan fingerprint density at radius 1 is 1.21 bits per heavy atom. The Balaban J connectivity index is 1.98. The first-order chi connectivity index (χ1) is 13.3. The van der Waals surface area contributed by atoms with Crippen molar-refractivity contribution >= 4 is 45.3 Å². The molecule has 1 heterocycles. The Morgan fingerprint density at radius 2 is 1.96 bits per heavy atom. The second-order valence-electron chi connectivity index (χ2n) is 5.95. The second kappa shape index (κ2) is 7.85. The van der Waals surface area contributed by atoms with E-state index in [1.54, 1.807) is 38.3 Å². The molecular weight excluding hydrogens is 428 g/mol. The summed E-state index contributed by atoms with van der Waals surface area (Å²) in [6.07, 6.45) is 1.70. The maximum Gasteiger partial charge on any atom is 0.335 e. The highest BCUT2D eigenvalue weighted by Gasteiger charge is 2.29. The third-order valence-corrected chi connectivity index (χ3v) is 4.76. The Hall–Kier alpha value is -3.13. The molecule has 1 amide bonds. The standard InChI is InChI=1S/C20H17BrN2O5/c1-11-15(7-12-8-16(21)18(28-3)17(9-12)27-2)19(24)23(22-11)14-6-4-5-13(10-14)20(25)26/h4-10H,1-3H3,(H,25,26)/b15-7+. The number of hydrogen-bond acceptors (Lipinski definition) is 5. The minimum absolute atomic E-state index is 0.0828. The molecule has 0 aromatic heterocycles. The van der Waals surface area contributed by atoms with Gasteiger partial charge in [-0.1, -0.05) is 6.07 Å². The number of benzene rings is 2. The largest absolute Gasteiger partial charge is 0.493 e. The van der Waals surface area contributed by atoms with E-state index in [0.717, 1.165) is 5.56 Å². The van der Waals surface area contributed by atoms with Crippen molar-refractivity contribution in [3.8, 4) is 11.5 Å². The van der Waals surface area contributed by atoms with Gasteiger partial charge in [0.15, 0.2) is 11.5 Å². The van der Waals surface area contributed by atoms with Crippen molar-refractivity contribution < 1.29 is 24.2 Å². The van der Waals surface area contributed by atoms with Gasteiger partial charge < -0.3 is 14.6 Å². The highest BCUT2D eigenvalue weighted by molar-refractivity contribution is 9.10. The molecule has 0 spiro atoms. The number of hydrazone groups is 1. The molecule has 0 fully saturated rings. The molecule has 7 nitrogen and oxygen atoms in total. The zero-order valence-electron chi connectivity index (χ0n) is 15.4. The summed E-state index contributed by atoms with van der Waals surface area (Å²) in [6, 6.07) is 9.64. The fourth-order valence-electron chi connectivity index (χ4n) is 2.82. The van der Waals surface area contributed by atoms with E-state index >= 15 is 0 Å². The summed E-state index contributed by atoms with van der Waals surface area (Å²) in [7, 11) is 3.08. The van der Waals surface area contributed by atoms with Crippen molar-refractivity contribution in [3.63, 3.8) is 0 Å². The highest BCUT2D eigenvalue weighted by Crippen LogP contribution is 2.37. The Morgan fingerprint density at radius 3 is 2.61 bits per heavy atom. The molecule has 0 aliphatic carbocycles. The van der Waals surface area contributed by atoms with Crippen LogP contribution in [0.4, 0.5) is 5.69 Å². The molecule has 0 saturated heterocycles.